The quantitative estimate of drug-likeness (QED) is 0.594. The van der Waals surface area contributed by atoms with E-state index < -0.39 is 0 Å². The van der Waals surface area contributed by atoms with Crippen LogP contribution in [0.2, 0.25) is 0 Å². The number of nitrogens with two attached hydrogens (primary N) is 1. The van der Waals surface area contributed by atoms with Crippen LogP contribution in [0, 0.1) is 5.41 Å². The lowest BCUT2D eigenvalue weighted by atomic mass is 10.1. The van der Waals surface area contributed by atoms with Crippen molar-refractivity contribution in [1.29, 1.82) is 5.41 Å². The SMILES string of the molecule is N=C(N)c1ncccc1CN1CCn2cnnc2C1. The molecule has 0 saturated carbocycles. The van der Waals surface area contributed by atoms with E-state index in [9.17, 15) is 0 Å². The molecule has 0 bridgehead atoms. The molecule has 1 aliphatic rings. The van der Waals surface area contributed by atoms with E-state index in [0.29, 0.717) is 5.69 Å². The molecular formula is C12H15N7. The summed E-state index contributed by atoms with van der Waals surface area (Å²) >= 11 is 0. The van der Waals surface area contributed by atoms with E-state index in [-0.39, 0.29) is 5.84 Å². The van der Waals surface area contributed by atoms with E-state index in [0.717, 1.165) is 37.6 Å². The maximum Gasteiger partial charge on any atom is 0.147 e. The Morgan fingerprint density at radius 3 is 3.16 bits per heavy atom. The first-order valence-corrected chi connectivity index (χ1v) is 6.11. The van der Waals surface area contributed by atoms with Gasteiger partial charge in [0.2, 0.25) is 0 Å². The Morgan fingerprint density at radius 2 is 2.32 bits per heavy atom. The number of amidine groups is 1. The van der Waals surface area contributed by atoms with Crippen LogP contribution >= 0.6 is 0 Å². The van der Waals surface area contributed by atoms with Gasteiger partial charge in [-0.05, 0) is 11.6 Å². The molecule has 2 aromatic heterocycles. The van der Waals surface area contributed by atoms with E-state index in [4.69, 9.17) is 11.1 Å². The van der Waals surface area contributed by atoms with Gasteiger partial charge in [-0.15, -0.1) is 10.2 Å². The van der Waals surface area contributed by atoms with Gasteiger partial charge in [0.25, 0.3) is 0 Å². The van der Waals surface area contributed by atoms with Crippen LogP contribution < -0.4 is 5.73 Å². The van der Waals surface area contributed by atoms with Crippen molar-refractivity contribution in [3.63, 3.8) is 0 Å². The smallest absolute Gasteiger partial charge is 0.147 e. The minimum absolute atomic E-state index is 0.00998. The fourth-order valence-corrected chi connectivity index (χ4v) is 2.30. The maximum atomic E-state index is 7.56. The number of nitrogens with one attached hydrogen (secondary N) is 1. The summed E-state index contributed by atoms with van der Waals surface area (Å²) in [4.78, 5) is 6.43. The predicted molar refractivity (Wildman–Crippen MR) is 69.4 cm³/mol. The second-order valence-electron chi connectivity index (χ2n) is 4.58. The molecule has 98 valence electrons. The molecule has 0 radical (unpaired) electrons. The van der Waals surface area contributed by atoms with Crippen molar-refractivity contribution < 1.29 is 0 Å². The predicted octanol–water partition coefficient (Wildman–Crippen LogP) is -0.0270. The topological polar surface area (TPSA) is 96.7 Å². The average Bonchev–Trinajstić information content (AvgIpc) is 2.86. The number of hydrogen-bond donors (Lipinski definition) is 2. The van der Waals surface area contributed by atoms with E-state index in [1.54, 1.807) is 12.5 Å². The van der Waals surface area contributed by atoms with Crippen molar-refractivity contribution in [2.24, 2.45) is 5.73 Å². The molecule has 1 aliphatic heterocycles. The Morgan fingerprint density at radius 1 is 1.42 bits per heavy atom. The van der Waals surface area contributed by atoms with Gasteiger partial charge in [-0.1, -0.05) is 6.07 Å². The van der Waals surface area contributed by atoms with Gasteiger partial charge in [0.15, 0.2) is 0 Å². The van der Waals surface area contributed by atoms with Crippen molar-refractivity contribution in [2.75, 3.05) is 6.54 Å². The number of rotatable bonds is 3. The normalized spacial score (nSPS) is 15.2. The van der Waals surface area contributed by atoms with Gasteiger partial charge in [0.1, 0.15) is 23.7 Å². The standard InChI is InChI=1S/C12H15N7/c13-12(14)11-9(2-1-3-15-11)6-18-4-5-19-8-16-17-10(19)7-18/h1-3,8H,4-7H2,(H3,13,14). The molecule has 0 spiro atoms. The van der Waals surface area contributed by atoms with Gasteiger partial charge >= 0.3 is 0 Å². The highest BCUT2D eigenvalue weighted by Crippen LogP contribution is 2.14. The highest BCUT2D eigenvalue weighted by molar-refractivity contribution is 5.94. The van der Waals surface area contributed by atoms with Crippen LogP contribution in [-0.4, -0.2) is 37.0 Å². The number of hydrogen-bond acceptors (Lipinski definition) is 5. The number of fused-ring (bicyclic) bond motifs is 1. The number of nitrogens with zero attached hydrogens (tertiary/aromatic N) is 5. The second kappa shape index (κ2) is 4.77. The third-order valence-corrected chi connectivity index (χ3v) is 3.26. The first kappa shape index (κ1) is 11.8. The highest BCUT2D eigenvalue weighted by atomic mass is 15.3. The van der Waals surface area contributed by atoms with Gasteiger partial charge in [-0.3, -0.25) is 15.3 Å². The summed E-state index contributed by atoms with van der Waals surface area (Å²) in [6.07, 6.45) is 3.42. The van der Waals surface area contributed by atoms with Crippen LogP contribution in [0.25, 0.3) is 0 Å². The van der Waals surface area contributed by atoms with E-state index in [2.05, 4.69) is 24.6 Å². The first-order valence-electron chi connectivity index (χ1n) is 6.11. The molecule has 0 amide bonds. The molecule has 2 aromatic rings. The minimum Gasteiger partial charge on any atom is -0.382 e. The molecule has 3 heterocycles. The molecule has 0 unspecified atom stereocenters. The summed E-state index contributed by atoms with van der Waals surface area (Å²) in [5.74, 6) is 0.982. The van der Waals surface area contributed by atoms with Gasteiger partial charge in [0, 0.05) is 25.8 Å². The Labute approximate surface area is 110 Å². The Kier molecular flexibility index (Phi) is 2.96. The summed E-state index contributed by atoms with van der Waals surface area (Å²) in [5, 5.41) is 15.6. The molecule has 19 heavy (non-hydrogen) atoms. The summed E-state index contributed by atoms with van der Waals surface area (Å²) in [6, 6.07) is 3.83. The van der Waals surface area contributed by atoms with Gasteiger partial charge < -0.3 is 10.3 Å². The van der Waals surface area contributed by atoms with E-state index in [1.165, 1.54) is 0 Å². The summed E-state index contributed by atoms with van der Waals surface area (Å²) in [6.45, 7) is 3.29. The van der Waals surface area contributed by atoms with E-state index in [1.807, 2.05) is 12.1 Å². The lowest BCUT2D eigenvalue weighted by Crippen LogP contribution is -2.34. The highest BCUT2D eigenvalue weighted by Gasteiger charge is 2.19. The number of aromatic nitrogens is 4. The van der Waals surface area contributed by atoms with Crippen molar-refractivity contribution in [3.05, 3.63) is 41.7 Å². The zero-order valence-electron chi connectivity index (χ0n) is 10.5. The average molecular weight is 257 g/mol. The monoisotopic (exact) mass is 257 g/mol. The number of pyridine rings is 1. The Balaban J connectivity index is 1.78. The maximum absolute atomic E-state index is 7.56. The first-order chi connectivity index (χ1) is 9.24. The zero-order chi connectivity index (χ0) is 13.2. The van der Waals surface area contributed by atoms with Crippen LogP contribution in [0.15, 0.2) is 24.7 Å². The third-order valence-electron chi connectivity index (χ3n) is 3.26. The van der Waals surface area contributed by atoms with Crippen LogP contribution in [0.1, 0.15) is 17.1 Å². The zero-order valence-corrected chi connectivity index (χ0v) is 10.5. The Hall–Kier alpha value is -2.28. The lowest BCUT2D eigenvalue weighted by molar-refractivity contribution is 0.208. The molecule has 7 nitrogen and oxygen atoms in total. The summed E-state index contributed by atoms with van der Waals surface area (Å²) < 4.78 is 2.06. The van der Waals surface area contributed by atoms with Crippen molar-refractivity contribution in [1.82, 2.24) is 24.6 Å². The van der Waals surface area contributed by atoms with Crippen LogP contribution in [0.5, 0.6) is 0 Å². The summed E-state index contributed by atoms with van der Waals surface area (Å²) in [5.41, 5.74) is 7.09. The van der Waals surface area contributed by atoms with Gasteiger partial charge in [-0.25, -0.2) is 0 Å². The van der Waals surface area contributed by atoms with Crippen molar-refractivity contribution >= 4 is 5.84 Å². The largest absolute Gasteiger partial charge is 0.382 e. The van der Waals surface area contributed by atoms with Crippen LogP contribution in [0.3, 0.4) is 0 Å². The third kappa shape index (κ3) is 2.32. The molecule has 0 atom stereocenters. The molecule has 3 N–H and O–H groups in total. The fourth-order valence-electron chi connectivity index (χ4n) is 2.30. The minimum atomic E-state index is 0.00998. The molecular weight excluding hydrogens is 242 g/mol. The lowest BCUT2D eigenvalue weighted by Gasteiger charge is -2.27. The van der Waals surface area contributed by atoms with E-state index >= 15 is 0 Å². The molecule has 0 fully saturated rings. The summed E-state index contributed by atoms with van der Waals surface area (Å²) in [7, 11) is 0. The van der Waals surface area contributed by atoms with Crippen LogP contribution in [-0.2, 0) is 19.6 Å². The van der Waals surface area contributed by atoms with Crippen molar-refractivity contribution in [3.8, 4) is 0 Å². The molecule has 0 aliphatic carbocycles. The number of nitrogen functional groups attached to an aromatic ring is 1. The Bertz CT molecular complexity index is 604. The molecule has 0 saturated heterocycles. The molecule has 0 aromatic carbocycles. The fraction of sp³-hybridized carbons (Fsp3) is 0.333. The van der Waals surface area contributed by atoms with Crippen LogP contribution in [0.4, 0.5) is 0 Å². The van der Waals surface area contributed by atoms with Gasteiger partial charge in [0.05, 0.1) is 6.54 Å². The molecule has 3 rings (SSSR count). The second-order valence-corrected chi connectivity index (χ2v) is 4.58. The van der Waals surface area contributed by atoms with Crippen molar-refractivity contribution in [2.45, 2.75) is 19.6 Å². The molecule has 7 heteroatoms. The van der Waals surface area contributed by atoms with Gasteiger partial charge in [-0.2, -0.15) is 0 Å².